The van der Waals surface area contributed by atoms with Crippen molar-refractivity contribution in [2.24, 2.45) is 0 Å². The van der Waals surface area contributed by atoms with Gasteiger partial charge in [-0.3, -0.25) is 4.90 Å². The summed E-state index contributed by atoms with van der Waals surface area (Å²) in [7, 11) is -7.31. The number of hydrogen-bond acceptors (Lipinski definition) is 6. The van der Waals surface area contributed by atoms with E-state index in [2.05, 4.69) is 0 Å². The van der Waals surface area contributed by atoms with E-state index >= 15 is 0 Å². The van der Waals surface area contributed by atoms with E-state index in [0.29, 0.717) is 5.69 Å². The molecule has 1 aliphatic heterocycles. The molecule has 0 amide bonds. The Kier molecular flexibility index (Phi) is 5.65. The van der Waals surface area contributed by atoms with Crippen molar-refractivity contribution in [3.05, 3.63) is 18.2 Å². The zero-order chi connectivity index (χ0) is 19.9. The standard InChI is InChI=1S/C15H21F3N2O4S2/c1-11-9-19(6-7-20(11)10-15(16,17)18)13-5-4-12(25(2,21)22)8-14(13)26(3,23)24/h4-5,8,11H,6-7,9-10H2,1-3H3. The molecule has 1 fully saturated rings. The number of alkyl halides is 3. The summed E-state index contributed by atoms with van der Waals surface area (Å²) in [6, 6.07) is 3.38. The van der Waals surface area contributed by atoms with Crippen LogP contribution in [-0.4, -0.2) is 72.6 Å². The second kappa shape index (κ2) is 7.01. The number of nitrogens with zero attached hydrogens (tertiary/aromatic N) is 2. The van der Waals surface area contributed by atoms with Crippen molar-refractivity contribution in [1.29, 1.82) is 0 Å². The van der Waals surface area contributed by atoms with Crippen LogP contribution in [0.3, 0.4) is 0 Å². The Balaban J connectivity index is 2.35. The van der Waals surface area contributed by atoms with Crippen molar-refractivity contribution in [3.63, 3.8) is 0 Å². The molecule has 1 aliphatic rings. The predicted molar refractivity (Wildman–Crippen MR) is 92.0 cm³/mol. The Morgan fingerprint density at radius 1 is 1.08 bits per heavy atom. The molecule has 1 heterocycles. The summed E-state index contributed by atoms with van der Waals surface area (Å²) in [5.74, 6) is 0. The molecular weight excluding hydrogens is 393 g/mol. The van der Waals surface area contributed by atoms with E-state index in [0.717, 1.165) is 18.6 Å². The third-order valence-corrected chi connectivity index (χ3v) is 6.48. The van der Waals surface area contributed by atoms with E-state index in [4.69, 9.17) is 0 Å². The molecule has 1 saturated heterocycles. The molecule has 26 heavy (non-hydrogen) atoms. The lowest BCUT2D eigenvalue weighted by Crippen LogP contribution is -2.54. The van der Waals surface area contributed by atoms with Crippen molar-refractivity contribution < 1.29 is 30.0 Å². The smallest absolute Gasteiger partial charge is 0.368 e. The van der Waals surface area contributed by atoms with Crippen LogP contribution in [0.4, 0.5) is 18.9 Å². The van der Waals surface area contributed by atoms with Crippen LogP contribution in [0.25, 0.3) is 0 Å². The molecule has 1 aromatic carbocycles. The SMILES string of the molecule is CC1CN(c2ccc(S(C)(=O)=O)cc2S(C)(=O)=O)CCN1CC(F)(F)F. The lowest BCUT2D eigenvalue weighted by molar-refractivity contribution is -0.150. The number of halogens is 3. The number of hydrogen-bond donors (Lipinski definition) is 0. The maximum absolute atomic E-state index is 12.6. The Bertz CT molecular complexity index is 883. The third kappa shape index (κ3) is 5.10. The minimum atomic E-state index is -4.30. The number of benzene rings is 1. The van der Waals surface area contributed by atoms with Gasteiger partial charge in [0.2, 0.25) is 0 Å². The maximum Gasteiger partial charge on any atom is 0.401 e. The van der Waals surface area contributed by atoms with Gasteiger partial charge >= 0.3 is 6.18 Å². The van der Waals surface area contributed by atoms with Crippen molar-refractivity contribution in [1.82, 2.24) is 4.90 Å². The van der Waals surface area contributed by atoms with Crippen LogP contribution in [0.2, 0.25) is 0 Å². The second-order valence-corrected chi connectivity index (χ2v) is 10.6. The molecule has 1 unspecified atom stereocenters. The second-order valence-electron chi connectivity index (χ2n) is 6.55. The molecule has 11 heteroatoms. The average molecular weight is 414 g/mol. The van der Waals surface area contributed by atoms with Crippen LogP contribution in [0.1, 0.15) is 6.92 Å². The molecular formula is C15H21F3N2O4S2. The largest absolute Gasteiger partial charge is 0.401 e. The van der Waals surface area contributed by atoms with Crippen molar-refractivity contribution in [3.8, 4) is 0 Å². The highest BCUT2D eigenvalue weighted by Crippen LogP contribution is 2.30. The van der Waals surface area contributed by atoms with E-state index in [1.165, 1.54) is 17.0 Å². The summed E-state index contributed by atoms with van der Waals surface area (Å²) in [5.41, 5.74) is 0.304. The van der Waals surface area contributed by atoms with Crippen LogP contribution in [0.15, 0.2) is 28.0 Å². The lowest BCUT2D eigenvalue weighted by atomic mass is 10.1. The highest BCUT2D eigenvalue weighted by molar-refractivity contribution is 7.91. The van der Waals surface area contributed by atoms with Gasteiger partial charge in [-0.2, -0.15) is 13.2 Å². The predicted octanol–water partition coefficient (Wildman–Crippen LogP) is 1.57. The van der Waals surface area contributed by atoms with E-state index < -0.39 is 38.4 Å². The normalized spacial score (nSPS) is 20.4. The first kappa shape index (κ1) is 21.0. The minimum absolute atomic E-state index is 0.120. The van der Waals surface area contributed by atoms with E-state index in [9.17, 15) is 30.0 Å². The molecule has 0 radical (unpaired) electrons. The number of sulfone groups is 2. The summed E-state index contributed by atoms with van der Waals surface area (Å²) in [4.78, 5) is 2.71. The monoisotopic (exact) mass is 414 g/mol. The molecule has 0 aromatic heterocycles. The van der Waals surface area contributed by atoms with Crippen LogP contribution in [-0.2, 0) is 19.7 Å². The fourth-order valence-electron chi connectivity index (χ4n) is 2.96. The van der Waals surface area contributed by atoms with Crippen molar-refractivity contribution >= 4 is 25.4 Å². The summed E-state index contributed by atoms with van der Waals surface area (Å²) in [6.07, 6.45) is -2.35. The molecule has 1 aromatic rings. The molecule has 2 rings (SSSR count). The van der Waals surface area contributed by atoms with Gasteiger partial charge in [0.1, 0.15) is 0 Å². The van der Waals surface area contributed by atoms with Gasteiger partial charge in [0.15, 0.2) is 19.7 Å². The van der Waals surface area contributed by atoms with Gasteiger partial charge in [-0.05, 0) is 25.1 Å². The highest BCUT2D eigenvalue weighted by atomic mass is 32.2. The molecule has 0 saturated carbocycles. The van der Waals surface area contributed by atoms with Crippen LogP contribution in [0, 0.1) is 0 Å². The van der Waals surface area contributed by atoms with Crippen molar-refractivity contribution in [2.45, 2.75) is 28.9 Å². The van der Waals surface area contributed by atoms with Gasteiger partial charge in [-0.1, -0.05) is 0 Å². The quantitative estimate of drug-likeness (QED) is 0.745. The Hall–Kier alpha value is -1.33. The van der Waals surface area contributed by atoms with Crippen LogP contribution < -0.4 is 4.90 Å². The van der Waals surface area contributed by atoms with Crippen molar-refractivity contribution in [2.75, 3.05) is 43.6 Å². The minimum Gasteiger partial charge on any atom is -0.368 e. The molecule has 6 nitrogen and oxygen atoms in total. The summed E-state index contributed by atoms with van der Waals surface area (Å²) in [6.45, 7) is 1.16. The Morgan fingerprint density at radius 3 is 2.15 bits per heavy atom. The van der Waals surface area contributed by atoms with E-state index in [-0.39, 0.29) is 29.4 Å². The maximum atomic E-state index is 12.6. The molecule has 0 spiro atoms. The molecule has 148 valence electrons. The van der Waals surface area contributed by atoms with Gasteiger partial charge in [0.25, 0.3) is 0 Å². The van der Waals surface area contributed by atoms with Gasteiger partial charge < -0.3 is 4.90 Å². The Morgan fingerprint density at radius 2 is 1.69 bits per heavy atom. The molecule has 0 bridgehead atoms. The number of rotatable bonds is 4. The summed E-state index contributed by atoms with van der Waals surface area (Å²) < 4.78 is 85.5. The van der Waals surface area contributed by atoms with Gasteiger partial charge in [-0.25, -0.2) is 16.8 Å². The molecule has 0 N–H and O–H groups in total. The van der Waals surface area contributed by atoms with Gasteiger partial charge in [-0.15, -0.1) is 0 Å². The zero-order valence-electron chi connectivity index (χ0n) is 14.6. The Labute approximate surface area is 151 Å². The first-order valence-electron chi connectivity index (χ1n) is 7.78. The fraction of sp³-hybridized carbons (Fsp3) is 0.600. The lowest BCUT2D eigenvalue weighted by Gasteiger charge is -2.41. The summed E-state index contributed by atoms with van der Waals surface area (Å²) >= 11 is 0. The topological polar surface area (TPSA) is 74.8 Å². The third-order valence-electron chi connectivity index (χ3n) is 4.25. The van der Waals surface area contributed by atoms with Gasteiger partial charge in [0.05, 0.1) is 22.0 Å². The number of anilines is 1. The van der Waals surface area contributed by atoms with Crippen LogP contribution in [0.5, 0.6) is 0 Å². The average Bonchev–Trinajstić information content (AvgIpc) is 2.45. The zero-order valence-corrected chi connectivity index (χ0v) is 16.2. The number of piperazine rings is 1. The van der Waals surface area contributed by atoms with Gasteiger partial charge in [0, 0.05) is 38.2 Å². The highest BCUT2D eigenvalue weighted by Gasteiger charge is 2.35. The first-order chi connectivity index (χ1) is 11.7. The fourth-order valence-corrected chi connectivity index (χ4v) is 4.60. The summed E-state index contributed by atoms with van der Waals surface area (Å²) in [5, 5.41) is 0. The first-order valence-corrected chi connectivity index (χ1v) is 11.6. The molecule has 1 atom stereocenters. The van der Waals surface area contributed by atoms with E-state index in [1.807, 2.05) is 0 Å². The van der Waals surface area contributed by atoms with E-state index in [1.54, 1.807) is 11.8 Å². The molecule has 0 aliphatic carbocycles. The van der Waals surface area contributed by atoms with Crippen LogP contribution >= 0.6 is 0 Å².